The van der Waals surface area contributed by atoms with Crippen molar-refractivity contribution in [2.24, 2.45) is 7.05 Å². The molecule has 0 bridgehead atoms. The highest BCUT2D eigenvalue weighted by molar-refractivity contribution is 7.99. The van der Waals surface area contributed by atoms with Crippen molar-refractivity contribution >= 4 is 23.5 Å². The maximum Gasteiger partial charge on any atom is 0.355 e. The zero-order valence-corrected chi connectivity index (χ0v) is 20.1. The summed E-state index contributed by atoms with van der Waals surface area (Å²) in [6, 6.07) is 10.1. The number of esters is 1. The fourth-order valence-corrected chi connectivity index (χ4v) is 5.34. The van der Waals surface area contributed by atoms with Gasteiger partial charge in [-0.2, -0.15) is 11.8 Å². The summed E-state index contributed by atoms with van der Waals surface area (Å²) in [5.74, 6) is 2.48. The van der Waals surface area contributed by atoms with E-state index in [4.69, 9.17) is 4.74 Å². The molecule has 0 spiro atoms. The van der Waals surface area contributed by atoms with Crippen LogP contribution in [0, 0.1) is 5.82 Å². The predicted octanol–water partition coefficient (Wildman–Crippen LogP) is 4.16. The van der Waals surface area contributed by atoms with Gasteiger partial charge < -0.3 is 14.2 Å². The fraction of sp³-hybridized carbons (Fsp3) is 0.360. The molecule has 4 rings (SSSR count). The summed E-state index contributed by atoms with van der Waals surface area (Å²) >= 11 is 2.00. The second-order valence-electron chi connectivity index (χ2n) is 8.09. The Morgan fingerprint density at radius 2 is 1.73 bits per heavy atom. The van der Waals surface area contributed by atoms with Gasteiger partial charge in [0.1, 0.15) is 17.3 Å². The number of aromatic nitrogens is 2. The molecule has 0 aliphatic carbocycles. The number of halogens is 1. The number of carbonyl (C=O) groups excluding carboxylic acids is 1. The van der Waals surface area contributed by atoms with Gasteiger partial charge in [0.25, 0.3) is 0 Å². The number of benzene rings is 1. The Balaban J connectivity index is 1.85. The molecule has 0 N–H and O–H groups in total. The van der Waals surface area contributed by atoms with Gasteiger partial charge in [-0.3, -0.25) is 9.88 Å². The van der Waals surface area contributed by atoms with Gasteiger partial charge in [0.05, 0.1) is 7.11 Å². The Morgan fingerprint density at radius 3 is 2.36 bits per heavy atom. The number of carbonyl (C=O) groups is 1. The third-order valence-corrected chi connectivity index (χ3v) is 7.00. The SMILES string of the molecule is COC(=O)c1c(-c2ccc(F)cc2)c(-c2ccncc2)c(N(C)CCN2CCSCC2)n1C. The number of thioether (sulfide) groups is 1. The molecule has 174 valence electrons. The van der Waals surface area contributed by atoms with Crippen LogP contribution < -0.4 is 4.90 Å². The standard InChI is InChI=1S/C25H29FN4O2S/c1-28(12-13-30-14-16-33-17-15-30)24-22(19-8-10-27-11-9-19)21(18-4-6-20(26)7-5-18)23(29(24)2)25(31)32-3/h4-11H,12-17H2,1-3H3. The molecule has 0 saturated carbocycles. The first-order valence-electron chi connectivity index (χ1n) is 11.0. The summed E-state index contributed by atoms with van der Waals surface area (Å²) in [4.78, 5) is 21.8. The molecule has 2 aromatic heterocycles. The van der Waals surface area contributed by atoms with Gasteiger partial charge in [0.2, 0.25) is 0 Å². The summed E-state index contributed by atoms with van der Waals surface area (Å²) in [5.41, 5.74) is 3.76. The van der Waals surface area contributed by atoms with Gasteiger partial charge >= 0.3 is 5.97 Å². The van der Waals surface area contributed by atoms with Crippen molar-refractivity contribution in [3.05, 3.63) is 60.3 Å². The van der Waals surface area contributed by atoms with Crippen molar-refractivity contribution in [1.29, 1.82) is 0 Å². The summed E-state index contributed by atoms with van der Waals surface area (Å²) in [5, 5.41) is 0. The molecule has 0 radical (unpaired) electrons. The lowest BCUT2D eigenvalue weighted by Crippen LogP contribution is -2.38. The van der Waals surface area contributed by atoms with E-state index in [2.05, 4.69) is 14.8 Å². The Morgan fingerprint density at radius 1 is 1.09 bits per heavy atom. The van der Waals surface area contributed by atoms with Gasteiger partial charge in [0, 0.05) is 75.3 Å². The predicted molar refractivity (Wildman–Crippen MR) is 132 cm³/mol. The zero-order valence-electron chi connectivity index (χ0n) is 19.3. The van der Waals surface area contributed by atoms with Crippen LogP contribution in [0.5, 0.6) is 0 Å². The molecule has 0 atom stereocenters. The first-order chi connectivity index (χ1) is 16.0. The first-order valence-corrected chi connectivity index (χ1v) is 12.1. The summed E-state index contributed by atoms with van der Waals surface area (Å²) in [6.07, 6.45) is 3.48. The zero-order chi connectivity index (χ0) is 23.4. The Bertz CT molecular complexity index is 1100. The van der Waals surface area contributed by atoms with E-state index in [1.54, 1.807) is 24.5 Å². The second-order valence-corrected chi connectivity index (χ2v) is 9.32. The maximum absolute atomic E-state index is 13.7. The summed E-state index contributed by atoms with van der Waals surface area (Å²) < 4.78 is 20.8. The number of methoxy groups -OCH3 is 1. The van der Waals surface area contributed by atoms with Crippen LogP contribution in [0.2, 0.25) is 0 Å². The highest BCUT2D eigenvalue weighted by Crippen LogP contribution is 2.44. The number of hydrogen-bond donors (Lipinski definition) is 0. The molecule has 1 aliphatic rings. The van der Waals surface area contributed by atoms with Crippen LogP contribution in [-0.2, 0) is 11.8 Å². The average molecular weight is 469 g/mol. The normalized spacial score (nSPS) is 14.3. The second kappa shape index (κ2) is 10.4. The number of pyridine rings is 1. The molecule has 8 heteroatoms. The molecular weight excluding hydrogens is 439 g/mol. The largest absolute Gasteiger partial charge is 0.464 e. The molecule has 6 nitrogen and oxygen atoms in total. The molecule has 0 unspecified atom stereocenters. The van der Waals surface area contributed by atoms with Crippen molar-refractivity contribution in [3.8, 4) is 22.3 Å². The summed E-state index contributed by atoms with van der Waals surface area (Å²) in [7, 11) is 5.31. The lowest BCUT2D eigenvalue weighted by molar-refractivity contribution is 0.0591. The highest BCUT2D eigenvalue weighted by Gasteiger charge is 2.30. The van der Waals surface area contributed by atoms with Crippen molar-refractivity contribution in [2.75, 3.05) is 56.7 Å². The van der Waals surface area contributed by atoms with Crippen LogP contribution >= 0.6 is 11.8 Å². The van der Waals surface area contributed by atoms with Crippen LogP contribution in [0.15, 0.2) is 48.8 Å². The van der Waals surface area contributed by atoms with E-state index in [-0.39, 0.29) is 5.82 Å². The van der Waals surface area contributed by atoms with Gasteiger partial charge in [-0.15, -0.1) is 0 Å². The number of likely N-dealkylation sites (N-methyl/N-ethyl adjacent to an activating group) is 1. The number of hydrogen-bond acceptors (Lipinski definition) is 6. The molecule has 3 heterocycles. The minimum absolute atomic E-state index is 0.322. The van der Waals surface area contributed by atoms with E-state index in [1.165, 1.54) is 19.2 Å². The minimum Gasteiger partial charge on any atom is -0.464 e. The molecule has 1 fully saturated rings. The van der Waals surface area contributed by atoms with Crippen molar-refractivity contribution < 1.29 is 13.9 Å². The van der Waals surface area contributed by atoms with Crippen LogP contribution in [0.1, 0.15) is 10.5 Å². The number of rotatable bonds is 7. The van der Waals surface area contributed by atoms with Gasteiger partial charge in [0.15, 0.2) is 0 Å². The lowest BCUT2D eigenvalue weighted by Gasteiger charge is -2.29. The quantitative estimate of drug-likeness (QED) is 0.485. The first kappa shape index (κ1) is 23.3. The number of ether oxygens (including phenoxy) is 1. The van der Waals surface area contributed by atoms with E-state index in [9.17, 15) is 9.18 Å². The van der Waals surface area contributed by atoms with Crippen molar-refractivity contribution in [1.82, 2.24) is 14.5 Å². The summed E-state index contributed by atoms with van der Waals surface area (Å²) in [6.45, 7) is 3.94. The van der Waals surface area contributed by atoms with Gasteiger partial charge in [-0.1, -0.05) is 12.1 Å². The Labute approximate surface area is 198 Å². The topological polar surface area (TPSA) is 50.6 Å². The molecule has 1 aliphatic heterocycles. The molecule has 1 aromatic carbocycles. The third-order valence-electron chi connectivity index (χ3n) is 6.06. The minimum atomic E-state index is -0.431. The monoisotopic (exact) mass is 468 g/mol. The smallest absolute Gasteiger partial charge is 0.355 e. The molecule has 0 amide bonds. The highest BCUT2D eigenvalue weighted by atomic mass is 32.2. The molecule has 3 aromatic rings. The fourth-order valence-electron chi connectivity index (χ4n) is 4.37. The average Bonchev–Trinajstić information content (AvgIpc) is 3.16. The maximum atomic E-state index is 13.7. The molecule has 33 heavy (non-hydrogen) atoms. The van der Waals surface area contributed by atoms with Crippen LogP contribution in [0.4, 0.5) is 10.2 Å². The van der Waals surface area contributed by atoms with Crippen LogP contribution in [0.3, 0.4) is 0 Å². The number of anilines is 1. The van der Waals surface area contributed by atoms with Gasteiger partial charge in [-0.05, 0) is 35.4 Å². The third kappa shape index (κ3) is 4.91. The van der Waals surface area contributed by atoms with E-state index in [1.807, 2.05) is 42.6 Å². The number of nitrogens with zero attached hydrogens (tertiary/aromatic N) is 4. The van der Waals surface area contributed by atoms with Crippen molar-refractivity contribution in [3.63, 3.8) is 0 Å². The lowest BCUT2D eigenvalue weighted by atomic mass is 9.96. The van der Waals surface area contributed by atoms with Crippen LogP contribution in [-0.4, -0.2) is 72.3 Å². The van der Waals surface area contributed by atoms with Crippen LogP contribution in [0.25, 0.3) is 22.3 Å². The molecular formula is C25H29FN4O2S. The van der Waals surface area contributed by atoms with Gasteiger partial charge in [-0.25, -0.2) is 9.18 Å². The Hall–Kier alpha value is -2.84. The Kier molecular flexibility index (Phi) is 7.35. The van der Waals surface area contributed by atoms with E-state index < -0.39 is 5.97 Å². The van der Waals surface area contributed by atoms with E-state index in [0.29, 0.717) is 5.69 Å². The van der Waals surface area contributed by atoms with E-state index in [0.717, 1.165) is 65.8 Å². The molecule has 1 saturated heterocycles. The van der Waals surface area contributed by atoms with Crippen molar-refractivity contribution in [2.45, 2.75) is 0 Å². The van der Waals surface area contributed by atoms with E-state index >= 15 is 0 Å².